The highest BCUT2D eigenvalue weighted by atomic mass is 32.1. The summed E-state index contributed by atoms with van der Waals surface area (Å²) in [6.45, 7) is 4.98. The molecule has 1 fully saturated rings. The van der Waals surface area contributed by atoms with Crippen molar-refractivity contribution in [3.63, 3.8) is 0 Å². The van der Waals surface area contributed by atoms with Crippen molar-refractivity contribution in [2.45, 2.75) is 26.2 Å². The molecule has 0 saturated carbocycles. The molecule has 1 aromatic carbocycles. The number of carbonyl (C=O) groups excluding carboxylic acids is 2. The summed E-state index contributed by atoms with van der Waals surface area (Å²) in [5.41, 5.74) is 1.44. The van der Waals surface area contributed by atoms with Gasteiger partial charge in [-0.1, -0.05) is 30.3 Å². The lowest BCUT2D eigenvalue weighted by Gasteiger charge is -2.13. The molecule has 0 unspecified atom stereocenters. The lowest BCUT2D eigenvalue weighted by Crippen LogP contribution is -2.25. The molecule has 0 bridgehead atoms. The first-order chi connectivity index (χ1) is 12.7. The van der Waals surface area contributed by atoms with Crippen molar-refractivity contribution in [2.24, 2.45) is 0 Å². The monoisotopic (exact) mass is 372 g/mol. The van der Waals surface area contributed by atoms with E-state index < -0.39 is 5.97 Å². The van der Waals surface area contributed by atoms with E-state index in [0.29, 0.717) is 23.6 Å². The van der Waals surface area contributed by atoms with E-state index in [9.17, 15) is 9.59 Å². The molecule has 2 aromatic rings. The Hall–Kier alpha value is -2.18. The van der Waals surface area contributed by atoms with Crippen LogP contribution in [0.4, 0.5) is 5.00 Å². The first kappa shape index (κ1) is 18.6. The van der Waals surface area contributed by atoms with Gasteiger partial charge >= 0.3 is 5.97 Å². The van der Waals surface area contributed by atoms with Gasteiger partial charge in [-0.2, -0.15) is 0 Å². The van der Waals surface area contributed by atoms with Gasteiger partial charge in [0.1, 0.15) is 5.00 Å². The Balaban J connectivity index is 1.74. The molecule has 1 saturated heterocycles. The molecule has 1 aliphatic heterocycles. The molecule has 0 atom stereocenters. The fourth-order valence-electron chi connectivity index (χ4n) is 3.04. The van der Waals surface area contributed by atoms with Gasteiger partial charge in [0, 0.05) is 17.8 Å². The number of benzene rings is 1. The van der Waals surface area contributed by atoms with Crippen LogP contribution >= 0.6 is 11.3 Å². The smallest absolute Gasteiger partial charge is 0.341 e. The van der Waals surface area contributed by atoms with Crippen molar-refractivity contribution in [2.75, 3.05) is 31.6 Å². The average molecular weight is 372 g/mol. The summed E-state index contributed by atoms with van der Waals surface area (Å²) in [5.74, 6) is -0.468. The van der Waals surface area contributed by atoms with Crippen molar-refractivity contribution >= 4 is 28.2 Å². The summed E-state index contributed by atoms with van der Waals surface area (Å²) >= 11 is 1.41. The van der Waals surface area contributed by atoms with E-state index >= 15 is 0 Å². The fraction of sp³-hybridized carbons (Fsp3) is 0.400. The Morgan fingerprint density at radius 1 is 1.19 bits per heavy atom. The maximum absolute atomic E-state index is 12.4. The number of hydrogen-bond acceptors (Lipinski definition) is 5. The lowest BCUT2D eigenvalue weighted by molar-refractivity contribution is -0.116. The molecule has 26 heavy (non-hydrogen) atoms. The van der Waals surface area contributed by atoms with Crippen LogP contribution in [0.25, 0.3) is 10.4 Å². The van der Waals surface area contributed by atoms with E-state index in [-0.39, 0.29) is 5.91 Å². The van der Waals surface area contributed by atoms with E-state index in [1.165, 1.54) is 24.2 Å². The topological polar surface area (TPSA) is 58.6 Å². The number of hydrogen-bond donors (Lipinski definition) is 1. The van der Waals surface area contributed by atoms with Crippen molar-refractivity contribution in [1.82, 2.24) is 4.90 Å². The highest BCUT2D eigenvalue weighted by molar-refractivity contribution is 7.20. The molecule has 5 nitrogen and oxygen atoms in total. The van der Waals surface area contributed by atoms with E-state index in [1.54, 1.807) is 13.0 Å². The van der Waals surface area contributed by atoms with Gasteiger partial charge in [0.05, 0.1) is 12.2 Å². The summed E-state index contributed by atoms with van der Waals surface area (Å²) in [4.78, 5) is 27.9. The third-order valence-electron chi connectivity index (χ3n) is 4.39. The summed E-state index contributed by atoms with van der Waals surface area (Å²) in [6.07, 6.45) is 2.85. The van der Waals surface area contributed by atoms with Crippen LogP contribution in [-0.4, -0.2) is 43.0 Å². The van der Waals surface area contributed by atoms with Crippen LogP contribution in [0.1, 0.15) is 36.5 Å². The highest BCUT2D eigenvalue weighted by Crippen LogP contribution is 2.36. The fourth-order valence-corrected chi connectivity index (χ4v) is 4.11. The third kappa shape index (κ3) is 4.71. The lowest BCUT2D eigenvalue weighted by atomic mass is 10.1. The molecule has 1 aliphatic rings. The molecule has 1 amide bonds. The molecule has 2 heterocycles. The van der Waals surface area contributed by atoms with Crippen LogP contribution < -0.4 is 5.32 Å². The quantitative estimate of drug-likeness (QED) is 0.746. The van der Waals surface area contributed by atoms with Crippen molar-refractivity contribution < 1.29 is 14.3 Å². The summed E-state index contributed by atoms with van der Waals surface area (Å²) < 4.78 is 5.15. The van der Waals surface area contributed by atoms with Gasteiger partial charge in [0.2, 0.25) is 5.91 Å². The molecule has 3 rings (SSSR count). The normalized spacial score (nSPS) is 14.3. The molecular formula is C20H24N2O3S. The number of anilines is 1. The van der Waals surface area contributed by atoms with Crippen LogP contribution in [-0.2, 0) is 9.53 Å². The molecule has 6 heteroatoms. The minimum atomic E-state index is -0.402. The van der Waals surface area contributed by atoms with E-state index in [1.807, 2.05) is 30.3 Å². The van der Waals surface area contributed by atoms with Gasteiger partial charge in [-0.05, 0) is 44.5 Å². The third-order valence-corrected chi connectivity index (χ3v) is 5.49. The predicted molar refractivity (Wildman–Crippen MR) is 105 cm³/mol. The first-order valence-electron chi connectivity index (χ1n) is 9.06. The number of nitrogens with zero attached hydrogens (tertiary/aromatic N) is 1. The van der Waals surface area contributed by atoms with E-state index in [0.717, 1.165) is 30.1 Å². The average Bonchev–Trinajstić information content (AvgIpc) is 3.31. The number of ether oxygens (including phenoxy) is 1. The van der Waals surface area contributed by atoms with Crippen molar-refractivity contribution in [3.8, 4) is 10.4 Å². The SMILES string of the molecule is CCOC(=O)c1cc(-c2ccccc2)sc1NC(=O)CCN1CCCC1. The highest BCUT2D eigenvalue weighted by Gasteiger charge is 2.20. The van der Waals surface area contributed by atoms with Crippen molar-refractivity contribution in [3.05, 3.63) is 42.0 Å². The molecule has 0 aliphatic carbocycles. The standard InChI is InChI=1S/C20H24N2O3S/c1-2-25-20(24)16-14-17(15-8-4-3-5-9-15)26-19(16)21-18(23)10-13-22-11-6-7-12-22/h3-5,8-9,14H,2,6-7,10-13H2,1H3,(H,21,23). The molecule has 138 valence electrons. The zero-order valence-corrected chi connectivity index (χ0v) is 15.8. The number of thiophene rings is 1. The van der Waals surface area contributed by atoms with Gasteiger partial charge in [0.15, 0.2) is 0 Å². The molecular weight excluding hydrogens is 348 g/mol. The maximum atomic E-state index is 12.4. The van der Waals surface area contributed by atoms with Crippen LogP contribution in [0.5, 0.6) is 0 Å². The van der Waals surface area contributed by atoms with Crippen LogP contribution in [0.3, 0.4) is 0 Å². The Bertz CT molecular complexity index is 752. The molecule has 1 aromatic heterocycles. The second kappa shape index (κ2) is 8.96. The number of carbonyl (C=O) groups is 2. The Labute approximate surface area is 158 Å². The zero-order valence-electron chi connectivity index (χ0n) is 15.0. The first-order valence-corrected chi connectivity index (χ1v) is 9.87. The molecule has 1 N–H and O–H groups in total. The number of amides is 1. The van der Waals surface area contributed by atoms with Crippen LogP contribution in [0, 0.1) is 0 Å². The van der Waals surface area contributed by atoms with Gasteiger partial charge in [0.25, 0.3) is 0 Å². The maximum Gasteiger partial charge on any atom is 0.341 e. The number of esters is 1. The van der Waals surface area contributed by atoms with E-state index in [2.05, 4.69) is 10.2 Å². The molecule has 0 radical (unpaired) electrons. The van der Waals surface area contributed by atoms with E-state index in [4.69, 9.17) is 4.74 Å². The minimum Gasteiger partial charge on any atom is -0.462 e. The largest absolute Gasteiger partial charge is 0.462 e. The minimum absolute atomic E-state index is 0.0658. The number of nitrogens with one attached hydrogen (secondary N) is 1. The number of likely N-dealkylation sites (tertiary alicyclic amines) is 1. The van der Waals surface area contributed by atoms with Gasteiger partial charge in [-0.3, -0.25) is 4.79 Å². The second-order valence-electron chi connectivity index (χ2n) is 6.29. The van der Waals surface area contributed by atoms with Crippen molar-refractivity contribution in [1.29, 1.82) is 0 Å². The zero-order chi connectivity index (χ0) is 18.4. The van der Waals surface area contributed by atoms with Crippen LogP contribution in [0.2, 0.25) is 0 Å². The Morgan fingerprint density at radius 2 is 1.92 bits per heavy atom. The Morgan fingerprint density at radius 3 is 2.62 bits per heavy atom. The van der Waals surface area contributed by atoms with Crippen LogP contribution in [0.15, 0.2) is 36.4 Å². The Kier molecular flexibility index (Phi) is 6.41. The summed E-state index contributed by atoms with van der Waals surface area (Å²) in [7, 11) is 0. The summed E-state index contributed by atoms with van der Waals surface area (Å²) in [5, 5.41) is 3.48. The summed E-state index contributed by atoms with van der Waals surface area (Å²) in [6, 6.07) is 11.6. The van der Waals surface area contributed by atoms with Gasteiger partial charge in [-0.15, -0.1) is 11.3 Å². The number of rotatable bonds is 7. The second-order valence-corrected chi connectivity index (χ2v) is 7.34. The molecule has 0 spiro atoms. The van der Waals surface area contributed by atoms with Gasteiger partial charge in [-0.25, -0.2) is 4.79 Å². The van der Waals surface area contributed by atoms with Gasteiger partial charge < -0.3 is 15.0 Å². The predicted octanol–water partition coefficient (Wildman–Crippen LogP) is 4.02.